The van der Waals surface area contributed by atoms with Crippen molar-refractivity contribution >= 4 is 11.6 Å². The number of methoxy groups -OCH3 is 1. The van der Waals surface area contributed by atoms with Crippen LogP contribution in [0, 0.1) is 6.92 Å². The fourth-order valence-corrected chi connectivity index (χ4v) is 4.41. The zero-order chi connectivity index (χ0) is 21.6. The predicted octanol–water partition coefficient (Wildman–Crippen LogP) is 3.78. The number of nitrogens with one attached hydrogen (secondary N) is 1. The van der Waals surface area contributed by atoms with Gasteiger partial charge in [0.1, 0.15) is 11.4 Å². The Kier molecular flexibility index (Phi) is 6.87. The average Bonchev–Trinajstić information content (AvgIpc) is 3.21. The summed E-state index contributed by atoms with van der Waals surface area (Å²) in [6.07, 6.45) is 8.15. The molecule has 1 saturated heterocycles. The molecule has 1 aromatic carbocycles. The van der Waals surface area contributed by atoms with Gasteiger partial charge >= 0.3 is 0 Å². The Bertz CT molecular complexity index is 1020. The predicted molar refractivity (Wildman–Crippen MR) is 123 cm³/mol. The van der Waals surface area contributed by atoms with E-state index in [-0.39, 0.29) is 11.8 Å². The molecule has 0 aliphatic carbocycles. The van der Waals surface area contributed by atoms with E-state index < -0.39 is 0 Å². The highest BCUT2D eigenvalue weighted by molar-refractivity contribution is 5.77. The van der Waals surface area contributed by atoms with E-state index in [1.54, 1.807) is 7.11 Å². The number of hydrogen-bond acceptors (Lipinski definition) is 4. The first-order valence-electron chi connectivity index (χ1n) is 11.2. The molecular formula is C25H32N4O2. The van der Waals surface area contributed by atoms with Gasteiger partial charge in [0.25, 0.3) is 0 Å². The number of hydrogen-bond donors (Lipinski definition) is 1. The Hall–Kier alpha value is -2.86. The molecule has 164 valence electrons. The maximum atomic E-state index is 12.9. The van der Waals surface area contributed by atoms with Gasteiger partial charge in [-0.15, -0.1) is 0 Å². The van der Waals surface area contributed by atoms with E-state index in [0.29, 0.717) is 13.0 Å². The largest absolute Gasteiger partial charge is 0.497 e. The van der Waals surface area contributed by atoms with Crippen LogP contribution in [-0.4, -0.2) is 53.5 Å². The zero-order valence-electron chi connectivity index (χ0n) is 18.5. The molecule has 3 aromatic rings. The first-order chi connectivity index (χ1) is 15.1. The van der Waals surface area contributed by atoms with Crippen molar-refractivity contribution in [3.05, 3.63) is 65.6 Å². The summed E-state index contributed by atoms with van der Waals surface area (Å²) in [6, 6.07) is 12.1. The van der Waals surface area contributed by atoms with Crippen molar-refractivity contribution in [3.63, 3.8) is 0 Å². The lowest BCUT2D eigenvalue weighted by Gasteiger charge is -2.26. The minimum absolute atomic E-state index is 0.0619. The van der Waals surface area contributed by atoms with Crippen LogP contribution in [0.1, 0.15) is 48.4 Å². The molecule has 1 N–H and O–H groups in total. The van der Waals surface area contributed by atoms with Crippen molar-refractivity contribution in [3.8, 4) is 5.75 Å². The molecule has 31 heavy (non-hydrogen) atoms. The van der Waals surface area contributed by atoms with E-state index in [1.807, 2.05) is 30.6 Å². The van der Waals surface area contributed by atoms with Crippen LogP contribution in [0.25, 0.3) is 5.65 Å². The molecule has 6 heteroatoms. The van der Waals surface area contributed by atoms with Crippen molar-refractivity contribution in [1.82, 2.24) is 19.6 Å². The minimum atomic E-state index is -0.109. The molecule has 1 aliphatic rings. The maximum absolute atomic E-state index is 12.9. The Morgan fingerprint density at radius 1 is 1.19 bits per heavy atom. The summed E-state index contributed by atoms with van der Waals surface area (Å²) in [6.45, 7) is 5.96. The molecule has 1 fully saturated rings. The number of benzene rings is 1. The van der Waals surface area contributed by atoms with Crippen molar-refractivity contribution in [2.24, 2.45) is 0 Å². The number of ether oxygens (including phenoxy) is 1. The van der Waals surface area contributed by atoms with Crippen LogP contribution in [0.15, 0.2) is 48.8 Å². The maximum Gasteiger partial charge on any atom is 0.221 e. The summed E-state index contributed by atoms with van der Waals surface area (Å²) in [5.74, 6) is 0.743. The Balaban J connectivity index is 1.52. The molecule has 1 amide bonds. The zero-order valence-corrected chi connectivity index (χ0v) is 18.5. The quantitative estimate of drug-likeness (QED) is 0.603. The van der Waals surface area contributed by atoms with Crippen LogP contribution >= 0.6 is 0 Å². The van der Waals surface area contributed by atoms with E-state index >= 15 is 0 Å². The lowest BCUT2D eigenvalue weighted by Crippen LogP contribution is -2.38. The number of aromatic nitrogens is 2. The van der Waals surface area contributed by atoms with E-state index in [9.17, 15) is 4.79 Å². The first kappa shape index (κ1) is 21.4. The highest BCUT2D eigenvalue weighted by Gasteiger charge is 2.22. The SMILES string of the molecule is COc1cccc(C(CC(=O)NCCN2CCCCC2)c2cnc3cc(C)ccn23)c1. The van der Waals surface area contributed by atoms with Crippen LogP contribution in [0.2, 0.25) is 0 Å². The number of amides is 1. The van der Waals surface area contributed by atoms with Gasteiger partial charge in [0.15, 0.2) is 0 Å². The molecule has 0 saturated carbocycles. The van der Waals surface area contributed by atoms with E-state index in [4.69, 9.17) is 4.74 Å². The monoisotopic (exact) mass is 420 g/mol. The Morgan fingerprint density at radius 2 is 2.03 bits per heavy atom. The van der Waals surface area contributed by atoms with Crippen LogP contribution in [0.3, 0.4) is 0 Å². The van der Waals surface area contributed by atoms with Crippen LogP contribution in [0.4, 0.5) is 0 Å². The highest BCUT2D eigenvalue weighted by atomic mass is 16.5. The number of piperidine rings is 1. The highest BCUT2D eigenvalue weighted by Crippen LogP contribution is 2.31. The summed E-state index contributed by atoms with van der Waals surface area (Å²) in [5.41, 5.74) is 4.12. The second kappa shape index (κ2) is 9.96. The second-order valence-electron chi connectivity index (χ2n) is 8.40. The number of aryl methyl sites for hydroxylation is 1. The number of imidazole rings is 1. The lowest BCUT2D eigenvalue weighted by atomic mass is 9.92. The molecule has 1 unspecified atom stereocenters. The number of carbonyl (C=O) groups excluding carboxylic acids is 1. The van der Waals surface area contributed by atoms with Gasteiger partial charge in [-0.2, -0.15) is 0 Å². The minimum Gasteiger partial charge on any atom is -0.497 e. The summed E-state index contributed by atoms with van der Waals surface area (Å²) >= 11 is 0. The fourth-order valence-electron chi connectivity index (χ4n) is 4.41. The van der Waals surface area contributed by atoms with Crippen molar-refractivity contribution < 1.29 is 9.53 Å². The van der Waals surface area contributed by atoms with Gasteiger partial charge in [0, 0.05) is 37.8 Å². The van der Waals surface area contributed by atoms with Crippen molar-refractivity contribution in [2.45, 2.75) is 38.5 Å². The number of fused-ring (bicyclic) bond motifs is 1. The molecule has 4 rings (SSSR count). The Labute approximate surface area is 184 Å². The van der Waals surface area contributed by atoms with E-state index in [2.05, 4.69) is 44.7 Å². The summed E-state index contributed by atoms with van der Waals surface area (Å²) in [4.78, 5) is 20.0. The molecule has 2 aromatic heterocycles. The van der Waals surface area contributed by atoms with Gasteiger partial charge in [-0.1, -0.05) is 18.6 Å². The molecular weight excluding hydrogens is 388 g/mol. The number of rotatable bonds is 8. The lowest BCUT2D eigenvalue weighted by molar-refractivity contribution is -0.121. The second-order valence-corrected chi connectivity index (χ2v) is 8.40. The van der Waals surface area contributed by atoms with Gasteiger partial charge in [-0.25, -0.2) is 4.98 Å². The van der Waals surface area contributed by atoms with Crippen molar-refractivity contribution in [1.29, 1.82) is 0 Å². The van der Waals surface area contributed by atoms with Gasteiger partial charge in [0.05, 0.1) is 12.8 Å². The number of carbonyl (C=O) groups is 1. The third-order valence-electron chi connectivity index (χ3n) is 6.14. The van der Waals surface area contributed by atoms with E-state index in [0.717, 1.165) is 47.9 Å². The molecule has 1 atom stereocenters. The normalized spacial score (nSPS) is 15.7. The first-order valence-corrected chi connectivity index (χ1v) is 11.2. The Morgan fingerprint density at radius 3 is 2.84 bits per heavy atom. The average molecular weight is 421 g/mol. The summed E-state index contributed by atoms with van der Waals surface area (Å²) < 4.78 is 7.52. The number of likely N-dealkylation sites (tertiary alicyclic amines) is 1. The molecule has 0 bridgehead atoms. The molecule has 3 heterocycles. The number of nitrogens with zero attached hydrogens (tertiary/aromatic N) is 3. The summed E-state index contributed by atoms with van der Waals surface area (Å²) in [5, 5.41) is 3.14. The van der Waals surface area contributed by atoms with Crippen LogP contribution in [-0.2, 0) is 4.79 Å². The van der Waals surface area contributed by atoms with Gasteiger partial charge < -0.3 is 19.4 Å². The van der Waals surface area contributed by atoms with Gasteiger partial charge in [-0.05, 0) is 68.2 Å². The standard InChI is InChI=1S/C25H32N4O2/c1-19-9-13-29-23(18-27-24(29)15-19)22(20-7-6-8-21(16-20)31-2)17-25(30)26-10-14-28-11-4-3-5-12-28/h6-9,13,15-16,18,22H,3-5,10-12,14,17H2,1-2H3,(H,26,30). The van der Waals surface area contributed by atoms with Gasteiger partial charge in [-0.3, -0.25) is 4.79 Å². The topological polar surface area (TPSA) is 58.9 Å². The molecule has 1 aliphatic heterocycles. The van der Waals surface area contributed by atoms with Gasteiger partial charge in [0.2, 0.25) is 5.91 Å². The smallest absolute Gasteiger partial charge is 0.221 e. The molecule has 0 radical (unpaired) electrons. The third kappa shape index (κ3) is 5.25. The fraction of sp³-hybridized carbons (Fsp3) is 0.440. The van der Waals surface area contributed by atoms with E-state index in [1.165, 1.54) is 19.3 Å². The molecule has 0 spiro atoms. The van der Waals surface area contributed by atoms with Crippen LogP contribution < -0.4 is 10.1 Å². The molecule has 6 nitrogen and oxygen atoms in total. The third-order valence-corrected chi connectivity index (χ3v) is 6.14. The van der Waals surface area contributed by atoms with Crippen LogP contribution in [0.5, 0.6) is 5.75 Å². The summed E-state index contributed by atoms with van der Waals surface area (Å²) in [7, 11) is 1.67. The van der Waals surface area contributed by atoms with Crippen molar-refractivity contribution in [2.75, 3.05) is 33.3 Å². The number of pyridine rings is 1.